The minimum absolute atomic E-state index is 0.0562. The third-order valence-corrected chi connectivity index (χ3v) is 5.71. The Morgan fingerprint density at radius 2 is 2.12 bits per heavy atom. The summed E-state index contributed by atoms with van der Waals surface area (Å²) in [6.45, 7) is 5.74. The van der Waals surface area contributed by atoms with Gasteiger partial charge in [0.25, 0.3) is 5.24 Å². The van der Waals surface area contributed by atoms with Gasteiger partial charge in [-0.2, -0.15) is 0 Å². The van der Waals surface area contributed by atoms with E-state index in [0.717, 1.165) is 34.2 Å². The molecule has 2 heterocycles. The molecule has 2 amide bonds. The molecule has 1 aliphatic heterocycles. The fourth-order valence-electron chi connectivity index (χ4n) is 2.64. The molecule has 1 aliphatic rings. The van der Waals surface area contributed by atoms with Crippen LogP contribution in [0.25, 0.3) is 11.3 Å². The second-order valence-corrected chi connectivity index (χ2v) is 8.03. The van der Waals surface area contributed by atoms with Crippen LogP contribution in [0, 0.1) is 6.92 Å². The molecule has 3 rings (SSSR count). The van der Waals surface area contributed by atoms with Crippen LogP contribution < -0.4 is 10.1 Å². The lowest BCUT2D eigenvalue weighted by molar-refractivity contribution is -0.116. The average Bonchev–Trinajstić information content (AvgIpc) is 3.19. The molecule has 0 saturated carbocycles. The molecule has 0 atom stereocenters. The quantitative estimate of drug-likeness (QED) is 0.772. The summed E-state index contributed by atoms with van der Waals surface area (Å²) in [6, 6.07) is 7.77. The largest absolute Gasteiger partial charge is 0.494 e. The van der Waals surface area contributed by atoms with Crippen LogP contribution in [0.2, 0.25) is 0 Å². The zero-order valence-electron chi connectivity index (χ0n) is 14.8. The number of thiazole rings is 1. The van der Waals surface area contributed by atoms with Gasteiger partial charge in [0, 0.05) is 35.7 Å². The minimum atomic E-state index is -0.123. The lowest BCUT2D eigenvalue weighted by Gasteiger charge is -2.13. The number of nitrogens with zero attached hydrogens (tertiary/aromatic N) is 2. The van der Waals surface area contributed by atoms with E-state index >= 15 is 0 Å². The Morgan fingerprint density at radius 1 is 1.35 bits per heavy atom. The monoisotopic (exact) mass is 391 g/mol. The Bertz CT molecular complexity index is 789. The Morgan fingerprint density at radius 3 is 2.77 bits per heavy atom. The van der Waals surface area contributed by atoms with Gasteiger partial charge in [-0.1, -0.05) is 11.8 Å². The molecule has 138 valence electrons. The van der Waals surface area contributed by atoms with Crippen LogP contribution >= 0.6 is 23.1 Å². The first kappa shape index (κ1) is 18.7. The molecule has 8 heteroatoms. The van der Waals surface area contributed by atoms with E-state index in [1.165, 1.54) is 23.1 Å². The maximum Gasteiger partial charge on any atom is 0.281 e. The number of anilines is 1. The normalized spacial score (nSPS) is 13.9. The van der Waals surface area contributed by atoms with Crippen LogP contribution in [-0.2, 0) is 4.79 Å². The third kappa shape index (κ3) is 4.56. The Hall–Kier alpha value is -2.06. The number of aromatic nitrogens is 1. The number of carbonyl (C=O) groups is 2. The molecule has 0 bridgehead atoms. The number of nitrogens with one attached hydrogen (secondary N) is 1. The van der Waals surface area contributed by atoms with E-state index in [1.54, 1.807) is 4.90 Å². The SMILES string of the molecule is CCOc1ccc(-c2nc(NC(=O)CCN3CCSC3=O)sc2C)cc1. The maximum absolute atomic E-state index is 12.1. The fraction of sp³-hybridized carbons (Fsp3) is 0.389. The van der Waals surface area contributed by atoms with Crippen molar-refractivity contribution in [3.8, 4) is 17.0 Å². The summed E-state index contributed by atoms with van der Waals surface area (Å²) in [5.74, 6) is 1.51. The van der Waals surface area contributed by atoms with E-state index in [4.69, 9.17) is 4.74 Å². The van der Waals surface area contributed by atoms with Gasteiger partial charge in [0.1, 0.15) is 5.75 Å². The molecule has 0 spiro atoms. The first-order valence-corrected chi connectivity index (χ1v) is 10.3. The molecule has 0 unspecified atom stereocenters. The summed E-state index contributed by atoms with van der Waals surface area (Å²) < 4.78 is 5.46. The minimum Gasteiger partial charge on any atom is -0.494 e. The number of ether oxygens (including phenoxy) is 1. The van der Waals surface area contributed by atoms with Gasteiger partial charge >= 0.3 is 0 Å². The van der Waals surface area contributed by atoms with E-state index in [1.807, 2.05) is 38.1 Å². The molecule has 0 radical (unpaired) electrons. The zero-order valence-corrected chi connectivity index (χ0v) is 16.4. The number of benzene rings is 1. The highest BCUT2D eigenvalue weighted by atomic mass is 32.2. The first-order chi connectivity index (χ1) is 12.6. The van der Waals surface area contributed by atoms with Crippen molar-refractivity contribution in [3.63, 3.8) is 0 Å². The van der Waals surface area contributed by atoms with Crippen molar-refractivity contribution in [1.82, 2.24) is 9.88 Å². The third-order valence-electron chi connectivity index (χ3n) is 3.94. The van der Waals surface area contributed by atoms with Crippen molar-refractivity contribution in [2.45, 2.75) is 20.3 Å². The summed E-state index contributed by atoms with van der Waals surface area (Å²) in [5.41, 5.74) is 1.85. The van der Waals surface area contributed by atoms with Crippen LogP contribution in [0.4, 0.5) is 9.93 Å². The summed E-state index contributed by atoms with van der Waals surface area (Å²) in [4.78, 5) is 31.0. The molecule has 1 N–H and O–H groups in total. The first-order valence-electron chi connectivity index (χ1n) is 8.49. The number of amides is 2. The van der Waals surface area contributed by atoms with Gasteiger partial charge in [-0.15, -0.1) is 11.3 Å². The molecule has 1 saturated heterocycles. The molecule has 0 aliphatic carbocycles. The van der Waals surface area contributed by atoms with Gasteiger partial charge < -0.3 is 15.0 Å². The summed E-state index contributed by atoms with van der Waals surface area (Å²) in [7, 11) is 0. The predicted octanol–water partition coefficient (Wildman–Crippen LogP) is 4.01. The van der Waals surface area contributed by atoms with Gasteiger partial charge in [-0.25, -0.2) is 4.98 Å². The molecule has 26 heavy (non-hydrogen) atoms. The van der Waals surface area contributed by atoms with Crippen LogP contribution in [0.5, 0.6) is 5.75 Å². The summed E-state index contributed by atoms with van der Waals surface area (Å²) >= 11 is 2.76. The van der Waals surface area contributed by atoms with Crippen molar-refractivity contribution in [2.75, 3.05) is 30.8 Å². The standard InChI is InChI=1S/C18H21N3O3S2/c1-3-24-14-6-4-13(5-7-14)16-12(2)26-17(20-16)19-15(22)8-9-21-10-11-25-18(21)23/h4-7H,3,8-11H2,1-2H3,(H,19,20,22). The lowest BCUT2D eigenvalue weighted by atomic mass is 10.1. The highest BCUT2D eigenvalue weighted by Gasteiger charge is 2.21. The zero-order chi connectivity index (χ0) is 18.5. The van der Waals surface area contributed by atoms with Crippen LogP contribution in [0.3, 0.4) is 0 Å². The number of hydrogen-bond acceptors (Lipinski definition) is 6. The van der Waals surface area contributed by atoms with E-state index < -0.39 is 0 Å². The van der Waals surface area contributed by atoms with Gasteiger partial charge in [-0.3, -0.25) is 9.59 Å². The molecular weight excluding hydrogens is 370 g/mol. The van der Waals surface area contributed by atoms with E-state index in [0.29, 0.717) is 18.3 Å². The Kier molecular flexibility index (Phi) is 6.16. The summed E-state index contributed by atoms with van der Waals surface area (Å²) in [6.07, 6.45) is 0.281. The lowest BCUT2D eigenvalue weighted by Crippen LogP contribution is -2.27. The van der Waals surface area contributed by atoms with Crippen LogP contribution in [-0.4, -0.2) is 46.5 Å². The van der Waals surface area contributed by atoms with Gasteiger partial charge in [0.15, 0.2) is 5.13 Å². The van der Waals surface area contributed by atoms with E-state index in [2.05, 4.69) is 10.3 Å². The van der Waals surface area contributed by atoms with Crippen molar-refractivity contribution in [2.24, 2.45) is 0 Å². The second-order valence-electron chi connectivity index (χ2n) is 5.78. The van der Waals surface area contributed by atoms with Crippen molar-refractivity contribution < 1.29 is 14.3 Å². The van der Waals surface area contributed by atoms with Crippen LogP contribution in [0.15, 0.2) is 24.3 Å². The Balaban J connectivity index is 1.60. The van der Waals surface area contributed by atoms with E-state index in [-0.39, 0.29) is 17.6 Å². The van der Waals surface area contributed by atoms with Gasteiger partial charge in [0.05, 0.1) is 12.3 Å². The van der Waals surface area contributed by atoms with E-state index in [9.17, 15) is 9.59 Å². The van der Waals surface area contributed by atoms with Gasteiger partial charge in [-0.05, 0) is 38.1 Å². The average molecular weight is 392 g/mol. The number of aryl methyl sites for hydroxylation is 1. The van der Waals surface area contributed by atoms with Gasteiger partial charge in [0.2, 0.25) is 5.91 Å². The molecule has 6 nitrogen and oxygen atoms in total. The molecular formula is C18H21N3O3S2. The van der Waals surface area contributed by atoms with Crippen molar-refractivity contribution in [1.29, 1.82) is 0 Å². The number of hydrogen-bond donors (Lipinski definition) is 1. The number of carbonyl (C=O) groups excluding carboxylic acids is 2. The smallest absolute Gasteiger partial charge is 0.281 e. The molecule has 1 fully saturated rings. The topological polar surface area (TPSA) is 71.5 Å². The predicted molar refractivity (Wildman–Crippen MR) is 106 cm³/mol. The van der Waals surface area contributed by atoms with Crippen molar-refractivity contribution >= 4 is 39.4 Å². The Labute approximate surface area is 160 Å². The number of rotatable bonds is 7. The highest BCUT2D eigenvalue weighted by molar-refractivity contribution is 8.13. The number of thioether (sulfide) groups is 1. The van der Waals surface area contributed by atoms with Crippen molar-refractivity contribution in [3.05, 3.63) is 29.1 Å². The molecule has 2 aromatic rings. The molecule has 1 aromatic carbocycles. The highest BCUT2D eigenvalue weighted by Crippen LogP contribution is 2.31. The summed E-state index contributed by atoms with van der Waals surface area (Å²) in [5, 5.41) is 3.48. The van der Waals surface area contributed by atoms with Crippen LogP contribution in [0.1, 0.15) is 18.2 Å². The fourth-order valence-corrected chi connectivity index (χ4v) is 4.34. The molecule has 1 aromatic heterocycles. The maximum atomic E-state index is 12.1. The second kappa shape index (κ2) is 8.55.